The van der Waals surface area contributed by atoms with E-state index in [1.165, 1.54) is 0 Å². The molecule has 2 rings (SSSR count). The third-order valence-corrected chi connectivity index (χ3v) is 19.2. The van der Waals surface area contributed by atoms with Crippen LogP contribution in [0.1, 0.15) is 20.8 Å². The van der Waals surface area contributed by atoms with Gasteiger partial charge in [0.1, 0.15) is 8.31 Å². The van der Waals surface area contributed by atoms with Crippen LogP contribution >= 0.6 is 0 Å². The Labute approximate surface area is 126 Å². The van der Waals surface area contributed by atoms with Crippen molar-refractivity contribution in [2.45, 2.75) is 38.9 Å². The normalized spacial score (nSPS) is 12.7. The lowest BCUT2D eigenvalue weighted by molar-refractivity contribution is 0.734. The SMILES string of the molecule is CC(C)(C)[Si](C)(C)[Si](c1ccccc1)c1ccccc1. The average molecular weight is 298 g/mol. The summed E-state index contributed by atoms with van der Waals surface area (Å²) < 4.78 is 0. The maximum Gasteiger partial charge on any atom is 0.112 e. The largest absolute Gasteiger partial charge is 0.112 e. The topological polar surface area (TPSA) is 0 Å². The highest BCUT2D eigenvalue weighted by Gasteiger charge is 2.44. The van der Waals surface area contributed by atoms with Crippen molar-refractivity contribution in [1.82, 2.24) is 0 Å². The lowest BCUT2D eigenvalue weighted by Gasteiger charge is -2.42. The van der Waals surface area contributed by atoms with Crippen LogP contribution in [0.3, 0.4) is 0 Å². The van der Waals surface area contributed by atoms with E-state index in [-0.39, 0.29) is 0 Å². The quantitative estimate of drug-likeness (QED) is 0.754. The van der Waals surface area contributed by atoms with E-state index in [2.05, 4.69) is 94.5 Å². The lowest BCUT2D eigenvalue weighted by atomic mass is 10.2. The second kappa shape index (κ2) is 5.70. The Balaban J connectivity index is 2.57. The Morgan fingerprint density at radius 3 is 1.35 bits per heavy atom. The molecule has 2 aromatic carbocycles. The van der Waals surface area contributed by atoms with Crippen LogP contribution in [0.2, 0.25) is 18.1 Å². The summed E-state index contributed by atoms with van der Waals surface area (Å²) in [7, 11) is -2.11. The highest BCUT2D eigenvalue weighted by atomic mass is 29.2. The van der Waals surface area contributed by atoms with E-state index >= 15 is 0 Å². The van der Waals surface area contributed by atoms with E-state index in [1.807, 2.05) is 0 Å². The van der Waals surface area contributed by atoms with Crippen molar-refractivity contribution < 1.29 is 0 Å². The molecule has 0 aromatic heterocycles. The molecular formula is C18H25Si2. The first-order valence-corrected chi connectivity index (χ1v) is 12.8. The molecule has 105 valence electrons. The van der Waals surface area contributed by atoms with E-state index in [9.17, 15) is 0 Å². The van der Waals surface area contributed by atoms with Gasteiger partial charge in [0.15, 0.2) is 0 Å². The van der Waals surface area contributed by atoms with Crippen LogP contribution in [0, 0.1) is 0 Å². The average Bonchev–Trinajstić information content (AvgIpc) is 2.40. The minimum absolute atomic E-state index is 0.410. The third kappa shape index (κ3) is 2.96. The minimum atomic E-state index is -1.41. The van der Waals surface area contributed by atoms with Crippen LogP contribution in [0.15, 0.2) is 60.7 Å². The van der Waals surface area contributed by atoms with Crippen molar-refractivity contribution in [3.8, 4) is 0 Å². The molecule has 2 aromatic rings. The van der Waals surface area contributed by atoms with Gasteiger partial charge in [0.25, 0.3) is 0 Å². The van der Waals surface area contributed by atoms with Crippen LogP contribution < -0.4 is 10.4 Å². The molecule has 0 heterocycles. The Morgan fingerprint density at radius 1 is 0.700 bits per heavy atom. The van der Waals surface area contributed by atoms with Gasteiger partial charge in [-0.2, -0.15) is 0 Å². The molecule has 0 unspecified atom stereocenters. The highest BCUT2D eigenvalue weighted by molar-refractivity contribution is 7.42. The molecule has 1 radical (unpaired) electrons. The number of benzene rings is 2. The standard InChI is InChI=1S/C18H25Si2/c1-18(2,3)20(4,5)19(16-12-8-6-9-13-16)17-14-10-7-11-15-17/h6-15H,1-5H3. The van der Waals surface area contributed by atoms with Crippen LogP contribution in [0.4, 0.5) is 0 Å². The Hall–Kier alpha value is -1.13. The molecule has 0 bridgehead atoms. The zero-order valence-corrected chi connectivity index (χ0v) is 15.3. The molecule has 0 atom stereocenters. The first-order valence-electron chi connectivity index (χ1n) is 7.32. The van der Waals surface area contributed by atoms with Gasteiger partial charge in [-0.25, -0.2) is 0 Å². The number of hydrogen-bond donors (Lipinski definition) is 0. The van der Waals surface area contributed by atoms with Crippen LogP contribution in [0.5, 0.6) is 0 Å². The molecule has 0 fully saturated rings. The number of rotatable bonds is 3. The maximum atomic E-state index is 2.57. The van der Waals surface area contributed by atoms with Crippen molar-refractivity contribution in [3.63, 3.8) is 0 Å². The summed E-state index contributed by atoms with van der Waals surface area (Å²) in [6.45, 7) is 12.4. The first-order chi connectivity index (χ1) is 9.34. The molecule has 0 aliphatic rings. The van der Waals surface area contributed by atoms with E-state index in [0.29, 0.717) is 5.04 Å². The molecular weight excluding hydrogens is 272 g/mol. The molecule has 0 aliphatic heterocycles. The molecule has 20 heavy (non-hydrogen) atoms. The second-order valence-corrected chi connectivity index (χ2v) is 18.9. The van der Waals surface area contributed by atoms with Crippen LogP contribution in [-0.4, -0.2) is 15.9 Å². The smallest absolute Gasteiger partial charge is 0.0705 e. The lowest BCUT2D eigenvalue weighted by Crippen LogP contribution is -2.64. The molecule has 0 nitrogen and oxygen atoms in total. The first kappa shape index (κ1) is 15.3. The molecule has 0 saturated heterocycles. The summed E-state index contributed by atoms with van der Waals surface area (Å²) in [5.41, 5.74) is 0. The molecule has 0 aliphatic carbocycles. The third-order valence-electron chi connectivity index (χ3n) is 4.62. The summed E-state index contributed by atoms with van der Waals surface area (Å²) in [5, 5.41) is 3.54. The van der Waals surface area contributed by atoms with Crippen LogP contribution in [-0.2, 0) is 0 Å². The van der Waals surface area contributed by atoms with Crippen molar-refractivity contribution in [3.05, 3.63) is 60.7 Å². The second-order valence-electron chi connectivity index (χ2n) is 6.98. The monoisotopic (exact) mass is 297 g/mol. The van der Waals surface area contributed by atoms with Gasteiger partial charge in [-0.15, -0.1) is 0 Å². The van der Waals surface area contributed by atoms with E-state index < -0.39 is 15.9 Å². The zero-order chi connectivity index (χ0) is 14.8. The fraction of sp³-hybridized carbons (Fsp3) is 0.333. The fourth-order valence-corrected chi connectivity index (χ4v) is 13.6. The van der Waals surface area contributed by atoms with Crippen molar-refractivity contribution in [2.24, 2.45) is 0 Å². The van der Waals surface area contributed by atoms with Gasteiger partial charge >= 0.3 is 0 Å². The van der Waals surface area contributed by atoms with Gasteiger partial charge < -0.3 is 0 Å². The number of hydrogen-bond acceptors (Lipinski definition) is 0. The van der Waals surface area contributed by atoms with Crippen LogP contribution in [0.25, 0.3) is 0 Å². The predicted molar refractivity (Wildman–Crippen MR) is 95.1 cm³/mol. The van der Waals surface area contributed by atoms with Gasteiger partial charge in [0.2, 0.25) is 0 Å². The highest BCUT2D eigenvalue weighted by Crippen LogP contribution is 2.37. The maximum absolute atomic E-state index is 2.57. The Kier molecular flexibility index (Phi) is 4.35. The molecule has 0 N–H and O–H groups in total. The Morgan fingerprint density at radius 2 is 1.05 bits per heavy atom. The molecule has 0 spiro atoms. The summed E-state index contributed by atoms with van der Waals surface area (Å²) in [6, 6.07) is 22.4. The van der Waals surface area contributed by atoms with E-state index in [1.54, 1.807) is 10.4 Å². The Bertz CT molecular complexity index is 499. The van der Waals surface area contributed by atoms with Gasteiger partial charge in [0.05, 0.1) is 7.59 Å². The predicted octanol–water partition coefficient (Wildman–Crippen LogP) is 3.88. The van der Waals surface area contributed by atoms with Gasteiger partial charge in [0, 0.05) is 0 Å². The summed E-state index contributed by atoms with van der Waals surface area (Å²) in [4.78, 5) is 0. The molecule has 2 heteroatoms. The van der Waals surface area contributed by atoms with E-state index in [4.69, 9.17) is 0 Å². The summed E-state index contributed by atoms with van der Waals surface area (Å²) in [5.74, 6) is 0. The van der Waals surface area contributed by atoms with E-state index in [0.717, 1.165) is 0 Å². The van der Waals surface area contributed by atoms with Crippen molar-refractivity contribution in [2.75, 3.05) is 0 Å². The summed E-state index contributed by atoms with van der Waals surface area (Å²) in [6.07, 6.45) is 0. The van der Waals surface area contributed by atoms with Gasteiger partial charge in [-0.1, -0.05) is 105 Å². The zero-order valence-electron chi connectivity index (χ0n) is 13.3. The molecule has 0 amide bonds. The molecule has 0 saturated carbocycles. The van der Waals surface area contributed by atoms with Crippen molar-refractivity contribution in [1.29, 1.82) is 0 Å². The minimum Gasteiger partial charge on any atom is -0.0705 e. The van der Waals surface area contributed by atoms with Gasteiger partial charge in [-0.3, -0.25) is 0 Å². The summed E-state index contributed by atoms with van der Waals surface area (Å²) >= 11 is 0. The fourth-order valence-electron chi connectivity index (χ4n) is 2.47. The van der Waals surface area contributed by atoms with Crippen molar-refractivity contribution >= 4 is 26.3 Å². The van der Waals surface area contributed by atoms with Gasteiger partial charge in [-0.05, 0) is 5.04 Å².